The number of para-hydroxylation sites is 1. The topological polar surface area (TPSA) is 40.6 Å². The molecule has 0 aliphatic carbocycles. The van der Waals surface area contributed by atoms with Gasteiger partial charge >= 0.3 is 0 Å². The lowest BCUT2D eigenvalue weighted by molar-refractivity contribution is 0.223. The van der Waals surface area contributed by atoms with E-state index >= 15 is 0 Å². The number of nitriles is 1. The van der Waals surface area contributed by atoms with Gasteiger partial charge in [0.1, 0.15) is 11.5 Å². The number of rotatable bonds is 6. The van der Waals surface area contributed by atoms with Crippen molar-refractivity contribution in [3.63, 3.8) is 0 Å². The van der Waals surface area contributed by atoms with Gasteiger partial charge in [0, 0.05) is 23.3 Å². The SMILES string of the molecule is [C-]#[N+]/C(C#N)=C1C=C(/C=C/c2ccc(N(CC=C)c3ccccc3)cc2)OC(C(C)(C)C)=C\1. The Balaban J connectivity index is 1.86. The molecule has 2 aromatic carbocycles. The zero-order valence-corrected chi connectivity index (χ0v) is 19.2. The van der Waals surface area contributed by atoms with Crippen LogP contribution in [0.25, 0.3) is 10.9 Å². The minimum absolute atomic E-state index is 0.0542. The molecule has 1 aliphatic rings. The first kappa shape index (κ1) is 23.4. The van der Waals surface area contributed by atoms with Gasteiger partial charge in [-0.2, -0.15) is 0 Å². The van der Waals surface area contributed by atoms with Crippen molar-refractivity contribution in [3.05, 3.63) is 125 Å². The Hall–Kier alpha value is -4.28. The zero-order chi connectivity index (χ0) is 23.8. The Morgan fingerprint density at radius 2 is 1.73 bits per heavy atom. The molecular weight excluding hydrogens is 406 g/mol. The Morgan fingerprint density at radius 1 is 1.06 bits per heavy atom. The van der Waals surface area contributed by atoms with Crippen molar-refractivity contribution >= 4 is 17.5 Å². The summed E-state index contributed by atoms with van der Waals surface area (Å²) in [6.07, 6.45) is 9.23. The van der Waals surface area contributed by atoms with Crippen molar-refractivity contribution in [2.75, 3.05) is 11.4 Å². The van der Waals surface area contributed by atoms with Crippen LogP contribution in [-0.4, -0.2) is 6.54 Å². The maximum atomic E-state index is 9.30. The van der Waals surface area contributed by atoms with E-state index in [0.717, 1.165) is 16.9 Å². The largest absolute Gasteiger partial charge is 0.461 e. The predicted octanol–water partition coefficient (Wildman–Crippen LogP) is 7.56. The smallest absolute Gasteiger partial charge is 0.269 e. The predicted molar refractivity (Wildman–Crippen MR) is 135 cm³/mol. The van der Waals surface area contributed by atoms with Crippen LogP contribution >= 0.6 is 0 Å². The van der Waals surface area contributed by atoms with Crippen molar-refractivity contribution < 1.29 is 4.74 Å². The summed E-state index contributed by atoms with van der Waals surface area (Å²) in [5.41, 5.74) is 3.56. The summed E-state index contributed by atoms with van der Waals surface area (Å²) in [5, 5.41) is 9.30. The summed E-state index contributed by atoms with van der Waals surface area (Å²) in [6, 6.07) is 20.4. The third kappa shape index (κ3) is 5.91. The van der Waals surface area contributed by atoms with Gasteiger partial charge in [-0.3, -0.25) is 0 Å². The molecule has 0 saturated heterocycles. The molecule has 0 radical (unpaired) electrons. The van der Waals surface area contributed by atoms with E-state index in [-0.39, 0.29) is 11.1 Å². The summed E-state index contributed by atoms with van der Waals surface area (Å²) in [5.74, 6) is 1.31. The van der Waals surface area contributed by atoms with Crippen LogP contribution in [0.3, 0.4) is 0 Å². The van der Waals surface area contributed by atoms with Gasteiger partial charge in [0.05, 0.1) is 12.6 Å². The van der Waals surface area contributed by atoms with Crippen LogP contribution in [-0.2, 0) is 4.74 Å². The number of allylic oxidation sites excluding steroid dienone is 6. The van der Waals surface area contributed by atoms with Crippen molar-refractivity contribution in [1.29, 1.82) is 5.26 Å². The maximum absolute atomic E-state index is 9.30. The van der Waals surface area contributed by atoms with Gasteiger partial charge in [0.25, 0.3) is 5.70 Å². The minimum atomic E-state index is -0.255. The Kier molecular flexibility index (Phi) is 7.34. The van der Waals surface area contributed by atoms with Gasteiger partial charge < -0.3 is 9.64 Å². The first-order chi connectivity index (χ1) is 15.9. The first-order valence-electron chi connectivity index (χ1n) is 10.7. The molecule has 1 heterocycles. The molecule has 33 heavy (non-hydrogen) atoms. The Labute approximate surface area is 196 Å². The van der Waals surface area contributed by atoms with Crippen LogP contribution in [0.2, 0.25) is 0 Å². The van der Waals surface area contributed by atoms with Crippen LogP contribution in [0, 0.1) is 23.3 Å². The third-order valence-corrected chi connectivity index (χ3v) is 5.07. The van der Waals surface area contributed by atoms with Gasteiger partial charge in [0.15, 0.2) is 0 Å². The molecule has 164 valence electrons. The lowest BCUT2D eigenvalue weighted by Crippen LogP contribution is -2.16. The van der Waals surface area contributed by atoms with E-state index in [0.29, 0.717) is 23.6 Å². The quantitative estimate of drug-likeness (QED) is 0.268. The number of ether oxygens (including phenoxy) is 1. The first-order valence-corrected chi connectivity index (χ1v) is 10.7. The fourth-order valence-corrected chi connectivity index (χ4v) is 3.31. The molecule has 0 spiro atoms. The molecule has 1 aliphatic heterocycles. The number of hydrogen-bond donors (Lipinski definition) is 0. The number of nitrogens with zero attached hydrogens (tertiary/aromatic N) is 3. The standard InChI is InChI=1S/C29H27N3O/c1-6-18-32(24-10-8-7-9-11-24)25-15-12-22(13-16-25)14-17-26-19-23(27(21-30)31-5)20-28(33-26)29(2,3)4/h6-17,19-20H,1,18H2,2-4H3/b17-14+,27-23+. The van der Waals surface area contributed by atoms with Gasteiger partial charge in [-0.05, 0) is 53.6 Å². The van der Waals surface area contributed by atoms with Gasteiger partial charge in [-0.1, -0.05) is 63.3 Å². The molecule has 0 fully saturated rings. The molecule has 4 heteroatoms. The second-order valence-electron chi connectivity index (χ2n) is 8.59. The Morgan fingerprint density at radius 3 is 2.30 bits per heavy atom. The van der Waals surface area contributed by atoms with Crippen LogP contribution in [0.1, 0.15) is 26.3 Å². The average molecular weight is 434 g/mol. The zero-order valence-electron chi connectivity index (χ0n) is 19.2. The number of hydrogen-bond acceptors (Lipinski definition) is 3. The highest BCUT2D eigenvalue weighted by Gasteiger charge is 2.23. The summed E-state index contributed by atoms with van der Waals surface area (Å²) in [7, 11) is 0. The third-order valence-electron chi connectivity index (χ3n) is 5.07. The van der Waals surface area contributed by atoms with Gasteiger partial charge in [-0.25, -0.2) is 10.1 Å². The summed E-state index contributed by atoms with van der Waals surface area (Å²) in [6.45, 7) is 18.0. The number of anilines is 2. The molecule has 0 aromatic heterocycles. The molecule has 4 nitrogen and oxygen atoms in total. The second-order valence-corrected chi connectivity index (χ2v) is 8.59. The molecule has 3 rings (SSSR count). The fraction of sp³-hybridized carbons (Fsp3) is 0.172. The number of benzene rings is 2. The fourth-order valence-electron chi connectivity index (χ4n) is 3.31. The lowest BCUT2D eigenvalue weighted by Gasteiger charge is -2.26. The summed E-state index contributed by atoms with van der Waals surface area (Å²) >= 11 is 0. The Bertz CT molecular complexity index is 1190. The van der Waals surface area contributed by atoms with Crippen molar-refractivity contribution in [2.45, 2.75) is 20.8 Å². The van der Waals surface area contributed by atoms with Crippen LogP contribution in [0.4, 0.5) is 11.4 Å². The monoisotopic (exact) mass is 433 g/mol. The highest BCUT2D eigenvalue weighted by Crippen LogP contribution is 2.34. The normalized spacial score (nSPS) is 14.9. The molecule has 0 saturated carbocycles. The molecule has 0 N–H and O–H groups in total. The highest BCUT2D eigenvalue weighted by atomic mass is 16.5. The molecule has 0 atom stereocenters. The van der Waals surface area contributed by atoms with Crippen LogP contribution in [0.15, 0.2) is 108 Å². The minimum Gasteiger partial charge on any atom is -0.461 e. The second kappa shape index (κ2) is 10.4. The van der Waals surface area contributed by atoms with Crippen molar-refractivity contribution in [2.24, 2.45) is 5.41 Å². The van der Waals surface area contributed by atoms with Crippen LogP contribution in [0.5, 0.6) is 0 Å². The van der Waals surface area contributed by atoms with E-state index in [9.17, 15) is 5.26 Å². The summed E-state index contributed by atoms with van der Waals surface area (Å²) < 4.78 is 6.06. The van der Waals surface area contributed by atoms with Gasteiger partial charge in [-0.15, -0.1) is 6.58 Å². The molecule has 0 unspecified atom stereocenters. The molecular formula is C29H27N3O. The van der Waals surface area contributed by atoms with E-state index < -0.39 is 0 Å². The maximum Gasteiger partial charge on any atom is 0.269 e. The van der Waals surface area contributed by atoms with E-state index in [4.69, 9.17) is 11.3 Å². The summed E-state index contributed by atoms with van der Waals surface area (Å²) in [4.78, 5) is 5.55. The lowest BCUT2D eigenvalue weighted by atomic mass is 9.91. The van der Waals surface area contributed by atoms with E-state index in [1.165, 1.54) is 0 Å². The molecule has 0 bridgehead atoms. The van der Waals surface area contributed by atoms with E-state index in [1.54, 1.807) is 12.2 Å². The van der Waals surface area contributed by atoms with Crippen molar-refractivity contribution in [3.8, 4) is 6.07 Å². The average Bonchev–Trinajstić information content (AvgIpc) is 2.82. The van der Waals surface area contributed by atoms with E-state index in [1.807, 2.05) is 75.4 Å². The van der Waals surface area contributed by atoms with Crippen LogP contribution < -0.4 is 4.90 Å². The highest BCUT2D eigenvalue weighted by molar-refractivity contribution is 5.66. The van der Waals surface area contributed by atoms with Crippen molar-refractivity contribution in [1.82, 2.24) is 0 Å². The molecule has 2 aromatic rings. The molecule has 0 amide bonds. The van der Waals surface area contributed by atoms with E-state index in [2.05, 4.69) is 40.6 Å². The van der Waals surface area contributed by atoms with Gasteiger partial charge in [0.2, 0.25) is 0 Å².